The van der Waals surface area contributed by atoms with Crippen molar-refractivity contribution in [2.45, 2.75) is 12.6 Å². The first-order valence-electron chi connectivity index (χ1n) is 4.79. The van der Waals surface area contributed by atoms with Crippen molar-refractivity contribution in [3.8, 4) is 0 Å². The summed E-state index contributed by atoms with van der Waals surface area (Å²) in [6, 6.07) is 0. The van der Waals surface area contributed by atoms with Gasteiger partial charge < -0.3 is 14.8 Å². The molecule has 0 radical (unpaired) electrons. The standard InChI is InChI=1S/C9H14FNO3/c1-2-14-7(12)9(10)4-11-3-8(9)5-13-6-8/h11H,2-6H2,1H3/t9-/m1/s1. The van der Waals surface area contributed by atoms with Gasteiger partial charge in [0.1, 0.15) is 0 Å². The zero-order valence-electron chi connectivity index (χ0n) is 8.14. The highest BCUT2D eigenvalue weighted by Crippen LogP contribution is 2.45. The second-order valence-corrected chi connectivity index (χ2v) is 3.90. The maximum atomic E-state index is 14.4. The molecule has 14 heavy (non-hydrogen) atoms. The summed E-state index contributed by atoms with van der Waals surface area (Å²) in [6.45, 7) is 3.01. The molecule has 2 aliphatic heterocycles. The van der Waals surface area contributed by atoms with E-state index in [0.29, 0.717) is 19.8 Å². The third kappa shape index (κ3) is 1.09. The van der Waals surface area contributed by atoms with Crippen LogP contribution in [0, 0.1) is 5.41 Å². The summed E-state index contributed by atoms with van der Waals surface area (Å²) in [4.78, 5) is 11.5. The van der Waals surface area contributed by atoms with Crippen molar-refractivity contribution in [1.29, 1.82) is 0 Å². The Morgan fingerprint density at radius 1 is 1.57 bits per heavy atom. The molecule has 0 aromatic carbocycles. The van der Waals surface area contributed by atoms with Gasteiger partial charge in [0.25, 0.3) is 0 Å². The molecule has 0 saturated carbocycles. The van der Waals surface area contributed by atoms with Crippen LogP contribution in [0.5, 0.6) is 0 Å². The van der Waals surface area contributed by atoms with Crippen LogP contribution in [-0.2, 0) is 14.3 Å². The molecule has 0 aromatic rings. The molecule has 80 valence electrons. The van der Waals surface area contributed by atoms with Gasteiger partial charge in [-0.25, -0.2) is 9.18 Å². The van der Waals surface area contributed by atoms with Crippen molar-refractivity contribution in [2.24, 2.45) is 5.41 Å². The number of carbonyl (C=O) groups excluding carboxylic acids is 1. The van der Waals surface area contributed by atoms with E-state index in [-0.39, 0.29) is 13.2 Å². The first-order chi connectivity index (χ1) is 6.65. The molecule has 0 unspecified atom stereocenters. The van der Waals surface area contributed by atoms with Crippen molar-refractivity contribution in [3.05, 3.63) is 0 Å². The highest BCUT2D eigenvalue weighted by molar-refractivity contribution is 5.82. The lowest BCUT2D eigenvalue weighted by atomic mass is 9.74. The van der Waals surface area contributed by atoms with Crippen LogP contribution in [-0.4, -0.2) is 44.5 Å². The molecule has 4 nitrogen and oxygen atoms in total. The SMILES string of the molecule is CCOC(=O)[C@]1(F)CNCC12COC2. The second-order valence-electron chi connectivity index (χ2n) is 3.90. The molecule has 0 bridgehead atoms. The molecule has 5 heteroatoms. The fourth-order valence-electron chi connectivity index (χ4n) is 2.02. The van der Waals surface area contributed by atoms with Crippen LogP contribution in [0.1, 0.15) is 6.92 Å². The second kappa shape index (κ2) is 3.17. The van der Waals surface area contributed by atoms with Crippen molar-refractivity contribution in [3.63, 3.8) is 0 Å². The molecule has 2 fully saturated rings. The lowest BCUT2D eigenvalue weighted by Crippen LogP contribution is -2.61. The van der Waals surface area contributed by atoms with E-state index in [4.69, 9.17) is 9.47 Å². The van der Waals surface area contributed by atoms with E-state index in [0.717, 1.165) is 0 Å². The normalized spacial score (nSPS) is 34.1. The highest BCUT2D eigenvalue weighted by atomic mass is 19.1. The average Bonchev–Trinajstić information content (AvgIpc) is 2.44. The maximum absolute atomic E-state index is 14.4. The van der Waals surface area contributed by atoms with Crippen LogP contribution in [0.3, 0.4) is 0 Å². The van der Waals surface area contributed by atoms with Crippen LogP contribution in [0.25, 0.3) is 0 Å². The quantitative estimate of drug-likeness (QED) is 0.635. The first-order valence-corrected chi connectivity index (χ1v) is 4.79. The van der Waals surface area contributed by atoms with E-state index < -0.39 is 17.1 Å². The Kier molecular flexibility index (Phi) is 2.23. The van der Waals surface area contributed by atoms with Gasteiger partial charge in [0.15, 0.2) is 0 Å². The number of hydrogen-bond acceptors (Lipinski definition) is 4. The average molecular weight is 203 g/mol. The summed E-state index contributed by atoms with van der Waals surface area (Å²) in [6.07, 6.45) is 0. The van der Waals surface area contributed by atoms with Crippen molar-refractivity contribution >= 4 is 5.97 Å². The number of alkyl halides is 1. The van der Waals surface area contributed by atoms with Gasteiger partial charge in [-0.2, -0.15) is 0 Å². The fraction of sp³-hybridized carbons (Fsp3) is 0.889. The van der Waals surface area contributed by atoms with Crippen molar-refractivity contribution < 1.29 is 18.7 Å². The Morgan fingerprint density at radius 2 is 2.29 bits per heavy atom. The lowest BCUT2D eigenvalue weighted by Gasteiger charge is -2.43. The van der Waals surface area contributed by atoms with Gasteiger partial charge in [-0.15, -0.1) is 0 Å². The van der Waals surface area contributed by atoms with Gasteiger partial charge >= 0.3 is 5.97 Å². The maximum Gasteiger partial charge on any atom is 0.346 e. The number of hydrogen-bond donors (Lipinski definition) is 1. The van der Waals surface area contributed by atoms with Gasteiger partial charge in [0.05, 0.1) is 25.2 Å². The van der Waals surface area contributed by atoms with Gasteiger partial charge in [-0.1, -0.05) is 0 Å². The lowest BCUT2D eigenvalue weighted by molar-refractivity contribution is -0.196. The summed E-state index contributed by atoms with van der Waals surface area (Å²) < 4.78 is 24.1. The van der Waals surface area contributed by atoms with Gasteiger partial charge in [0.2, 0.25) is 5.67 Å². The first kappa shape index (κ1) is 9.86. The largest absolute Gasteiger partial charge is 0.464 e. The third-order valence-electron chi connectivity index (χ3n) is 3.03. The summed E-state index contributed by atoms with van der Waals surface area (Å²) in [7, 11) is 0. The topological polar surface area (TPSA) is 47.6 Å². The number of nitrogens with one attached hydrogen (secondary N) is 1. The van der Waals surface area contributed by atoms with Crippen molar-refractivity contribution in [2.75, 3.05) is 32.9 Å². The van der Waals surface area contributed by atoms with Gasteiger partial charge in [-0.05, 0) is 6.92 Å². The smallest absolute Gasteiger partial charge is 0.346 e. The number of esters is 1. The molecule has 1 atom stereocenters. The minimum Gasteiger partial charge on any atom is -0.464 e. The molecule has 1 N–H and O–H groups in total. The summed E-state index contributed by atoms with van der Waals surface area (Å²) >= 11 is 0. The van der Waals surface area contributed by atoms with Crippen molar-refractivity contribution in [1.82, 2.24) is 5.32 Å². The molecule has 0 amide bonds. The van der Waals surface area contributed by atoms with E-state index in [9.17, 15) is 9.18 Å². The number of rotatable bonds is 2. The molecule has 0 aliphatic carbocycles. The van der Waals surface area contributed by atoms with E-state index in [1.165, 1.54) is 0 Å². The highest BCUT2D eigenvalue weighted by Gasteiger charge is 2.65. The minimum atomic E-state index is -1.90. The molecule has 0 aromatic heterocycles. The van der Waals surface area contributed by atoms with E-state index in [1.807, 2.05) is 0 Å². The van der Waals surface area contributed by atoms with E-state index in [1.54, 1.807) is 6.92 Å². The predicted octanol–water partition coefficient (Wildman–Crippen LogP) is -0.122. The van der Waals surface area contributed by atoms with Crippen LogP contribution in [0.2, 0.25) is 0 Å². The zero-order valence-corrected chi connectivity index (χ0v) is 8.14. The molecule has 2 saturated heterocycles. The Bertz CT molecular complexity index is 254. The molecule has 2 heterocycles. The molecular weight excluding hydrogens is 189 g/mol. The third-order valence-corrected chi connectivity index (χ3v) is 3.03. The number of halogens is 1. The number of carbonyl (C=O) groups is 1. The van der Waals surface area contributed by atoms with Gasteiger partial charge in [0, 0.05) is 13.1 Å². The van der Waals surface area contributed by atoms with Crippen LogP contribution >= 0.6 is 0 Å². The minimum absolute atomic E-state index is 0.0369. The Morgan fingerprint density at radius 3 is 2.79 bits per heavy atom. The van der Waals surface area contributed by atoms with E-state index >= 15 is 0 Å². The summed E-state index contributed by atoms with van der Waals surface area (Å²) in [5, 5.41) is 2.89. The fourth-order valence-corrected chi connectivity index (χ4v) is 2.02. The molecule has 2 rings (SSSR count). The summed E-state index contributed by atoms with van der Waals surface area (Å²) in [5.74, 6) is -0.756. The van der Waals surface area contributed by atoms with Crippen LogP contribution in [0.4, 0.5) is 4.39 Å². The molecular formula is C9H14FNO3. The predicted molar refractivity (Wildman–Crippen MR) is 46.6 cm³/mol. The van der Waals surface area contributed by atoms with E-state index in [2.05, 4.69) is 5.32 Å². The van der Waals surface area contributed by atoms with Crippen LogP contribution in [0.15, 0.2) is 0 Å². The Balaban J connectivity index is 2.16. The van der Waals surface area contributed by atoms with Crippen LogP contribution < -0.4 is 5.32 Å². The van der Waals surface area contributed by atoms with Gasteiger partial charge in [-0.3, -0.25) is 0 Å². The monoisotopic (exact) mass is 203 g/mol. The Labute approximate surface area is 81.8 Å². The Hall–Kier alpha value is -0.680. The zero-order chi connectivity index (χ0) is 10.2. The molecule has 1 spiro atoms. The number of ether oxygens (including phenoxy) is 2. The molecule has 2 aliphatic rings. The summed E-state index contributed by atoms with van der Waals surface area (Å²) in [5.41, 5.74) is -2.58.